The minimum Gasteiger partial charge on any atom is -0.495 e. The topological polar surface area (TPSA) is 102 Å². The Morgan fingerprint density at radius 1 is 1.45 bits per heavy atom. The highest BCUT2D eigenvalue weighted by Crippen LogP contribution is 2.25. The molecule has 0 spiro atoms. The Bertz CT molecular complexity index is 531. The van der Waals surface area contributed by atoms with Crippen LogP contribution in [0.1, 0.15) is 19.8 Å². The lowest BCUT2D eigenvalue weighted by molar-refractivity contribution is 0.228. The van der Waals surface area contributed by atoms with Crippen molar-refractivity contribution >= 4 is 15.7 Å². The highest BCUT2D eigenvalue weighted by atomic mass is 32.2. The molecule has 4 N–H and O–H groups in total. The molecule has 0 amide bonds. The maximum Gasteiger partial charge on any atom is 0.244 e. The predicted molar refractivity (Wildman–Crippen MR) is 78.1 cm³/mol. The van der Waals surface area contributed by atoms with E-state index in [1.807, 2.05) is 6.92 Å². The van der Waals surface area contributed by atoms with Crippen LogP contribution >= 0.6 is 0 Å². The lowest BCUT2D eigenvalue weighted by atomic mass is 10.1. The lowest BCUT2D eigenvalue weighted by Crippen LogP contribution is -2.25. The van der Waals surface area contributed by atoms with Crippen molar-refractivity contribution in [2.75, 3.05) is 26.0 Å². The molecule has 0 bridgehead atoms. The molecule has 1 aromatic rings. The van der Waals surface area contributed by atoms with E-state index in [2.05, 4.69) is 4.72 Å². The normalized spacial score (nSPS) is 13.2. The number of anilines is 1. The summed E-state index contributed by atoms with van der Waals surface area (Å²) in [5, 5.41) is 8.90. The third kappa shape index (κ3) is 4.66. The molecule has 0 heterocycles. The van der Waals surface area contributed by atoms with Crippen molar-refractivity contribution in [3.05, 3.63) is 18.2 Å². The van der Waals surface area contributed by atoms with Crippen LogP contribution in [-0.4, -0.2) is 33.8 Å². The Hall–Kier alpha value is -1.31. The number of nitrogens with one attached hydrogen (secondary N) is 1. The number of ether oxygens (including phenoxy) is 1. The first-order valence-corrected chi connectivity index (χ1v) is 7.93. The molecule has 7 heteroatoms. The molecule has 0 saturated carbocycles. The number of hydrogen-bond acceptors (Lipinski definition) is 5. The summed E-state index contributed by atoms with van der Waals surface area (Å²) in [4.78, 5) is 0.0372. The molecule has 114 valence electrons. The monoisotopic (exact) mass is 302 g/mol. The molecular formula is C13H22N2O4S. The van der Waals surface area contributed by atoms with Gasteiger partial charge in [-0.1, -0.05) is 6.92 Å². The molecule has 0 aliphatic carbocycles. The Balaban J connectivity index is 2.71. The Kier molecular flexibility index (Phi) is 6.25. The van der Waals surface area contributed by atoms with Crippen LogP contribution < -0.4 is 15.2 Å². The van der Waals surface area contributed by atoms with Gasteiger partial charge < -0.3 is 15.6 Å². The molecule has 1 unspecified atom stereocenters. The van der Waals surface area contributed by atoms with E-state index >= 15 is 0 Å². The van der Waals surface area contributed by atoms with Crippen molar-refractivity contribution in [3.8, 4) is 5.75 Å². The van der Waals surface area contributed by atoms with Gasteiger partial charge in [0.2, 0.25) is 10.0 Å². The Morgan fingerprint density at radius 2 is 2.15 bits per heavy atom. The second-order valence-corrected chi connectivity index (χ2v) is 6.47. The number of aliphatic hydroxyl groups is 1. The fraction of sp³-hybridized carbons (Fsp3) is 0.538. The standard InChI is InChI=1S/C13H22N2O4S/c1-10(9-16)4-3-7-15-20(17,18)13-8-11(14)5-6-12(13)19-2/h5-6,8,10,15-16H,3-4,7,9,14H2,1-2H3. The molecular weight excluding hydrogens is 280 g/mol. The summed E-state index contributed by atoms with van der Waals surface area (Å²) in [5.41, 5.74) is 5.98. The molecule has 1 aromatic carbocycles. The molecule has 0 aromatic heterocycles. The van der Waals surface area contributed by atoms with Crippen LogP contribution in [0, 0.1) is 5.92 Å². The average Bonchev–Trinajstić information content (AvgIpc) is 2.43. The zero-order valence-corrected chi connectivity index (χ0v) is 12.6. The van der Waals surface area contributed by atoms with E-state index in [9.17, 15) is 8.42 Å². The number of nitrogen functional groups attached to an aromatic ring is 1. The van der Waals surface area contributed by atoms with Gasteiger partial charge in [-0.3, -0.25) is 0 Å². The summed E-state index contributed by atoms with van der Waals surface area (Å²) >= 11 is 0. The third-order valence-corrected chi connectivity index (χ3v) is 4.44. The van der Waals surface area contributed by atoms with Gasteiger partial charge in [-0.05, 0) is 37.0 Å². The van der Waals surface area contributed by atoms with Crippen LogP contribution in [0.2, 0.25) is 0 Å². The van der Waals surface area contributed by atoms with Crippen LogP contribution in [0.3, 0.4) is 0 Å². The highest BCUT2D eigenvalue weighted by molar-refractivity contribution is 7.89. The molecule has 0 radical (unpaired) electrons. The van der Waals surface area contributed by atoms with E-state index in [0.29, 0.717) is 18.7 Å². The van der Waals surface area contributed by atoms with E-state index in [0.717, 1.165) is 6.42 Å². The van der Waals surface area contributed by atoms with Gasteiger partial charge in [-0.2, -0.15) is 0 Å². The van der Waals surface area contributed by atoms with Crippen molar-refractivity contribution < 1.29 is 18.3 Å². The fourth-order valence-electron chi connectivity index (χ4n) is 1.73. The van der Waals surface area contributed by atoms with E-state index < -0.39 is 10.0 Å². The zero-order valence-electron chi connectivity index (χ0n) is 11.8. The van der Waals surface area contributed by atoms with Crippen molar-refractivity contribution in [3.63, 3.8) is 0 Å². The number of rotatable bonds is 8. The summed E-state index contributed by atoms with van der Waals surface area (Å²) in [6, 6.07) is 4.48. The second-order valence-electron chi connectivity index (χ2n) is 4.74. The van der Waals surface area contributed by atoms with Gasteiger partial charge in [0.05, 0.1) is 7.11 Å². The van der Waals surface area contributed by atoms with Crippen LogP contribution in [0.15, 0.2) is 23.1 Å². The van der Waals surface area contributed by atoms with Gasteiger partial charge >= 0.3 is 0 Å². The molecule has 6 nitrogen and oxygen atoms in total. The maximum atomic E-state index is 12.2. The molecule has 0 fully saturated rings. The van der Waals surface area contributed by atoms with Gasteiger partial charge in [0.1, 0.15) is 10.6 Å². The first-order valence-electron chi connectivity index (χ1n) is 6.44. The molecule has 0 aliphatic rings. The van der Waals surface area contributed by atoms with Crippen LogP contribution in [0.5, 0.6) is 5.75 Å². The number of methoxy groups -OCH3 is 1. The number of aliphatic hydroxyl groups excluding tert-OH is 1. The second kappa shape index (κ2) is 7.47. The van der Waals surface area contributed by atoms with Gasteiger partial charge in [0.25, 0.3) is 0 Å². The van der Waals surface area contributed by atoms with Crippen molar-refractivity contribution in [1.29, 1.82) is 0 Å². The van der Waals surface area contributed by atoms with Crippen LogP contribution in [-0.2, 0) is 10.0 Å². The van der Waals surface area contributed by atoms with E-state index in [-0.39, 0.29) is 23.2 Å². The molecule has 1 atom stereocenters. The van der Waals surface area contributed by atoms with E-state index in [4.69, 9.17) is 15.6 Å². The summed E-state index contributed by atoms with van der Waals surface area (Å²) < 4.78 is 31.9. The van der Waals surface area contributed by atoms with Gasteiger partial charge in [-0.15, -0.1) is 0 Å². The van der Waals surface area contributed by atoms with Crippen LogP contribution in [0.4, 0.5) is 5.69 Å². The van der Waals surface area contributed by atoms with E-state index in [1.54, 1.807) is 6.07 Å². The van der Waals surface area contributed by atoms with E-state index in [1.165, 1.54) is 19.2 Å². The SMILES string of the molecule is COc1ccc(N)cc1S(=O)(=O)NCCCC(C)CO. The number of benzene rings is 1. The van der Waals surface area contributed by atoms with Crippen LogP contribution in [0.25, 0.3) is 0 Å². The van der Waals surface area contributed by atoms with Crippen molar-refractivity contribution in [1.82, 2.24) is 4.72 Å². The van der Waals surface area contributed by atoms with Gasteiger partial charge in [0, 0.05) is 18.8 Å². The van der Waals surface area contributed by atoms with Crippen molar-refractivity contribution in [2.24, 2.45) is 5.92 Å². The number of sulfonamides is 1. The minimum absolute atomic E-state index is 0.0372. The summed E-state index contributed by atoms with van der Waals surface area (Å²) in [6.07, 6.45) is 1.42. The highest BCUT2D eigenvalue weighted by Gasteiger charge is 2.19. The minimum atomic E-state index is -3.65. The molecule has 1 rings (SSSR count). The fourth-order valence-corrected chi connectivity index (χ4v) is 3.01. The first kappa shape index (κ1) is 16.7. The smallest absolute Gasteiger partial charge is 0.244 e. The largest absolute Gasteiger partial charge is 0.495 e. The number of nitrogens with two attached hydrogens (primary N) is 1. The molecule has 20 heavy (non-hydrogen) atoms. The quantitative estimate of drug-likeness (QED) is 0.490. The number of hydrogen-bond donors (Lipinski definition) is 3. The average molecular weight is 302 g/mol. The Morgan fingerprint density at radius 3 is 2.75 bits per heavy atom. The molecule has 0 aliphatic heterocycles. The summed E-state index contributed by atoms with van der Waals surface area (Å²) in [6.45, 7) is 2.33. The maximum absolute atomic E-state index is 12.2. The summed E-state index contributed by atoms with van der Waals surface area (Å²) in [5.74, 6) is 0.428. The van der Waals surface area contributed by atoms with Crippen molar-refractivity contribution in [2.45, 2.75) is 24.7 Å². The Labute approximate surface area is 120 Å². The lowest BCUT2D eigenvalue weighted by Gasteiger charge is -2.12. The first-order chi connectivity index (χ1) is 9.40. The predicted octanol–water partition coefficient (Wildman–Crippen LogP) is 0.964. The third-order valence-electron chi connectivity index (χ3n) is 2.95. The molecule has 0 saturated heterocycles. The van der Waals surface area contributed by atoms with Gasteiger partial charge in [-0.25, -0.2) is 13.1 Å². The summed E-state index contributed by atoms with van der Waals surface area (Å²) in [7, 11) is -2.24. The zero-order chi connectivity index (χ0) is 15.2. The van der Waals surface area contributed by atoms with Gasteiger partial charge in [0.15, 0.2) is 0 Å².